The van der Waals surface area contributed by atoms with Crippen LogP contribution in [0.15, 0.2) is 29.2 Å². The first-order valence-electron chi connectivity index (χ1n) is 9.44. The summed E-state index contributed by atoms with van der Waals surface area (Å²) in [4.78, 5) is 60.3. The summed E-state index contributed by atoms with van der Waals surface area (Å²) in [6, 6.07) is 2.07. The summed E-state index contributed by atoms with van der Waals surface area (Å²) in [5, 5.41) is 22.8. The van der Waals surface area contributed by atoms with Gasteiger partial charge in [0, 0.05) is 12.1 Å². The standard InChI is InChI=1S/C19H18FN7O6/c20-11-5-8(1-2-10(11)16(30)25-12(18(32)33)3-4-13(28)29)22-6-9-7-23-15-14(24-9)17(31)27-19(21)26-15/h1-2,5,7,12,22H,3-4,6H2,(H,25,30)(H,28,29)(H,32,33)(H3,21,23,26,27,31)/t12-/m0/s1/i20-1. The average molecular weight is 458 g/mol. The van der Waals surface area contributed by atoms with E-state index in [1.165, 1.54) is 12.3 Å². The van der Waals surface area contributed by atoms with Gasteiger partial charge in [-0.3, -0.25) is 19.4 Å². The van der Waals surface area contributed by atoms with Gasteiger partial charge in [-0.15, -0.1) is 0 Å². The first-order chi connectivity index (χ1) is 15.6. The third-order valence-electron chi connectivity index (χ3n) is 4.42. The molecule has 0 aliphatic rings. The van der Waals surface area contributed by atoms with E-state index >= 15 is 0 Å². The van der Waals surface area contributed by atoms with Crippen LogP contribution in [0.4, 0.5) is 16.0 Å². The summed E-state index contributed by atoms with van der Waals surface area (Å²) in [7, 11) is 0. The maximum atomic E-state index is 14.5. The van der Waals surface area contributed by atoms with Crippen LogP contribution in [0, 0.1) is 5.82 Å². The Hall–Kier alpha value is -4.62. The number of carbonyl (C=O) groups excluding carboxylic acids is 1. The summed E-state index contributed by atoms with van der Waals surface area (Å²) in [5.74, 6) is -4.68. The van der Waals surface area contributed by atoms with Gasteiger partial charge in [0.25, 0.3) is 11.5 Å². The minimum absolute atomic E-state index is 0.0161. The van der Waals surface area contributed by atoms with Crippen molar-refractivity contribution < 1.29 is 29.0 Å². The molecule has 1 amide bonds. The summed E-state index contributed by atoms with van der Waals surface area (Å²) in [6.07, 6.45) is 0.535. The van der Waals surface area contributed by atoms with Crippen LogP contribution in [0.1, 0.15) is 28.9 Å². The van der Waals surface area contributed by atoms with E-state index in [4.69, 9.17) is 15.9 Å². The first-order valence-corrected chi connectivity index (χ1v) is 9.44. The molecule has 0 aliphatic heterocycles. The Labute approximate surface area is 183 Å². The molecule has 172 valence electrons. The molecule has 0 fully saturated rings. The number of H-pyrrole nitrogens is 1. The topological polar surface area (TPSA) is 213 Å². The predicted octanol–water partition coefficient (Wildman–Crippen LogP) is 0.0943. The van der Waals surface area contributed by atoms with Crippen molar-refractivity contribution in [3.8, 4) is 0 Å². The molecule has 0 saturated heterocycles. The summed E-state index contributed by atoms with van der Waals surface area (Å²) in [6.45, 7) is 0.0635. The summed E-state index contributed by atoms with van der Waals surface area (Å²) in [5.41, 5.74) is 5.16. The molecule has 0 spiro atoms. The molecular weight excluding hydrogens is 440 g/mol. The van der Waals surface area contributed by atoms with Crippen LogP contribution >= 0.6 is 0 Å². The van der Waals surface area contributed by atoms with Crippen molar-refractivity contribution in [2.24, 2.45) is 0 Å². The lowest BCUT2D eigenvalue weighted by Gasteiger charge is -2.14. The SMILES string of the molecule is Nc1nc2ncc(CNc3ccc(C(=O)N[C@@H](CCC(=O)O)C(=O)O)c([18F])c3)nc2c(=O)[nH]1. The number of hydrogen-bond donors (Lipinski definition) is 6. The maximum absolute atomic E-state index is 14.5. The van der Waals surface area contributed by atoms with E-state index in [1.807, 2.05) is 0 Å². The highest BCUT2D eigenvalue weighted by molar-refractivity contribution is 5.97. The van der Waals surface area contributed by atoms with Crippen molar-refractivity contribution in [1.29, 1.82) is 0 Å². The van der Waals surface area contributed by atoms with E-state index in [1.54, 1.807) is 0 Å². The fourth-order valence-corrected chi connectivity index (χ4v) is 2.82. The molecule has 0 radical (unpaired) electrons. The largest absolute Gasteiger partial charge is 0.481 e. The van der Waals surface area contributed by atoms with E-state index in [0.717, 1.165) is 12.1 Å². The van der Waals surface area contributed by atoms with Crippen LogP contribution in [-0.2, 0) is 16.1 Å². The number of nitrogens with one attached hydrogen (secondary N) is 3. The predicted molar refractivity (Wildman–Crippen MR) is 112 cm³/mol. The number of carboxylic acids is 2. The molecule has 13 nitrogen and oxygen atoms in total. The second-order valence-corrected chi connectivity index (χ2v) is 6.83. The van der Waals surface area contributed by atoms with Crippen molar-refractivity contribution in [2.45, 2.75) is 25.4 Å². The molecule has 7 N–H and O–H groups in total. The Balaban J connectivity index is 1.68. The molecule has 3 aromatic rings. The Morgan fingerprint density at radius 1 is 1.21 bits per heavy atom. The van der Waals surface area contributed by atoms with E-state index in [0.29, 0.717) is 5.69 Å². The lowest BCUT2D eigenvalue weighted by atomic mass is 10.1. The summed E-state index contributed by atoms with van der Waals surface area (Å²) < 4.78 is 14.5. The number of carbonyl (C=O) groups is 3. The van der Waals surface area contributed by atoms with E-state index in [-0.39, 0.29) is 35.8 Å². The number of hydrogen-bond acceptors (Lipinski definition) is 9. The van der Waals surface area contributed by atoms with Crippen molar-refractivity contribution >= 4 is 40.6 Å². The zero-order valence-corrected chi connectivity index (χ0v) is 16.8. The second kappa shape index (κ2) is 9.67. The fraction of sp³-hybridized carbons (Fsp3) is 0.211. The first kappa shape index (κ1) is 23.1. The molecule has 2 heterocycles. The van der Waals surface area contributed by atoms with Gasteiger partial charge in [0.2, 0.25) is 5.95 Å². The highest BCUT2D eigenvalue weighted by atomic mass is 18.2. The van der Waals surface area contributed by atoms with Gasteiger partial charge >= 0.3 is 11.9 Å². The third kappa shape index (κ3) is 5.75. The number of nitrogens with two attached hydrogens (primary N) is 1. The van der Waals surface area contributed by atoms with Gasteiger partial charge in [-0.1, -0.05) is 0 Å². The number of amides is 1. The van der Waals surface area contributed by atoms with Crippen LogP contribution in [0.5, 0.6) is 0 Å². The minimum Gasteiger partial charge on any atom is -0.481 e. The third-order valence-corrected chi connectivity index (χ3v) is 4.42. The van der Waals surface area contributed by atoms with Gasteiger partial charge in [-0.25, -0.2) is 19.2 Å². The normalized spacial score (nSPS) is 11.7. The zero-order valence-electron chi connectivity index (χ0n) is 16.8. The molecule has 0 unspecified atom stereocenters. The minimum atomic E-state index is -1.48. The quantitative estimate of drug-likeness (QED) is 0.253. The van der Waals surface area contributed by atoms with Crippen LogP contribution < -0.4 is 21.9 Å². The molecule has 0 aliphatic carbocycles. The molecule has 0 saturated carbocycles. The van der Waals surface area contributed by atoms with E-state index in [2.05, 4.69) is 30.6 Å². The number of aromatic amines is 1. The Morgan fingerprint density at radius 2 is 1.97 bits per heavy atom. The molecule has 33 heavy (non-hydrogen) atoms. The smallest absolute Gasteiger partial charge is 0.326 e. The van der Waals surface area contributed by atoms with Crippen molar-refractivity contribution in [3.05, 3.63) is 51.8 Å². The van der Waals surface area contributed by atoms with Crippen LogP contribution in [0.3, 0.4) is 0 Å². The van der Waals surface area contributed by atoms with Crippen LogP contribution in [0.2, 0.25) is 0 Å². The average Bonchev–Trinajstić information content (AvgIpc) is 2.74. The van der Waals surface area contributed by atoms with Gasteiger partial charge in [0.1, 0.15) is 11.9 Å². The molecular formula is C19H18FN7O6. The van der Waals surface area contributed by atoms with Gasteiger partial charge in [0.15, 0.2) is 11.2 Å². The number of anilines is 2. The number of benzene rings is 1. The molecule has 3 rings (SSSR count). The van der Waals surface area contributed by atoms with Crippen molar-refractivity contribution in [1.82, 2.24) is 25.3 Å². The number of carboxylic acid groups (broad SMARTS) is 2. The number of aromatic nitrogens is 4. The van der Waals surface area contributed by atoms with Crippen LogP contribution in [0.25, 0.3) is 11.2 Å². The lowest BCUT2D eigenvalue weighted by molar-refractivity contribution is -0.140. The maximum Gasteiger partial charge on any atom is 0.326 e. The Morgan fingerprint density at radius 3 is 2.64 bits per heavy atom. The van der Waals surface area contributed by atoms with Crippen LogP contribution in [-0.4, -0.2) is 54.0 Å². The van der Waals surface area contributed by atoms with E-state index in [9.17, 15) is 23.6 Å². The summed E-state index contributed by atoms with van der Waals surface area (Å²) >= 11 is 0. The fourth-order valence-electron chi connectivity index (χ4n) is 2.82. The van der Waals surface area contributed by atoms with E-state index < -0.39 is 47.2 Å². The Kier molecular flexibility index (Phi) is 6.76. The molecule has 1 aromatic carbocycles. The monoisotopic (exact) mass is 458 g/mol. The Bertz CT molecular complexity index is 1300. The lowest BCUT2D eigenvalue weighted by Crippen LogP contribution is -2.41. The highest BCUT2D eigenvalue weighted by Gasteiger charge is 2.23. The van der Waals surface area contributed by atoms with Gasteiger partial charge in [0.05, 0.1) is 24.0 Å². The van der Waals surface area contributed by atoms with Gasteiger partial charge in [-0.05, 0) is 24.6 Å². The van der Waals surface area contributed by atoms with Crippen molar-refractivity contribution in [2.75, 3.05) is 11.1 Å². The molecule has 14 heteroatoms. The number of nitrogen functional groups attached to an aromatic ring is 1. The van der Waals surface area contributed by atoms with Crippen molar-refractivity contribution in [3.63, 3.8) is 0 Å². The van der Waals surface area contributed by atoms with Gasteiger partial charge < -0.3 is 26.6 Å². The molecule has 2 aromatic heterocycles. The number of fused-ring (bicyclic) bond motifs is 1. The zero-order chi connectivity index (χ0) is 24.1. The number of aliphatic carboxylic acids is 2. The number of halogens is 1. The number of nitrogens with zero attached hydrogens (tertiary/aromatic N) is 3. The second-order valence-electron chi connectivity index (χ2n) is 6.83. The molecule has 0 bridgehead atoms. The number of rotatable bonds is 9. The van der Waals surface area contributed by atoms with Gasteiger partial charge in [-0.2, -0.15) is 4.98 Å². The molecule has 1 atom stereocenters. The highest BCUT2D eigenvalue weighted by Crippen LogP contribution is 2.16.